The molecule has 11 nitrogen and oxygen atoms in total. The lowest BCUT2D eigenvalue weighted by Crippen LogP contribution is -2.07. The van der Waals surface area contributed by atoms with E-state index in [-0.39, 0.29) is 29.3 Å². The molecule has 0 spiro atoms. The molecule has 0 unspecified atom stereocenters. The molecule has 0 saturated carbocycles. The first-order valence-corrected chi connectivity index (χ1v) is 10.2. The van der Waals surface area contributed by atoms with E-state index in [1.165, 1.54) is 42.6 Å². The van der Waals surface area contributed by atoms with Crippen molar-refractivity contribution < 1.29 is 14.1 Å². The highest BCUT2D eigenvalue weighted by Crippen LogP contribution is 2.22. The summed E-state index contributed by atoms with van der Waals surface area (Å²) in [5.41, 5.74) is 4.45. The summed E-state index contributed by atoms with van der Waals surface area (Å²) in [6, 6.07) is 18.9. The van der Waals surface area contributed by atoms with Gasteiger partial charge in [0.05, 0.1) is 18.2 Å². The van der Waals surface area contributed by atoms with E-state index in [4.69, 9.17) is 4.74 Å². The molecule has 176 valence electrons. The van der Waals surface area contributed by atoms with Crippen LogP contribution in [0.4, 0.5) is 39.3 Å². The van der Waals surface area contributed by atoms with Crippen molar-refractivity contribution in [1.82, 2.24) is 15.0 Å². The Morgan fingerprint density at radius 2 is 1.51 bits per heavy atom. The first-order chi connectivity index (χ1) is 17.0. The molecule has 1 aromatic heterocycles. The van der Waals surface area contributed by atoms with Gasteiger partial charge in [-0.2, -0.15) is 20.1 Å². The van der Waals surface area contributed by atoms with Crippen LogP contribution >= 0.6 is 0 Å². The van der Waals surface area contributed by atoms with Gasteiger partial charge in [-0.25, -0.2) is 9.82 Å². The molecular weight excluding hydrogens is 455 g/mol. The van der Waals surface area contributed by atoms with E-state index in [1.54, 1.807) is 43.5 Å². The second-order valence-electron chi connectivity index (χ2n) is 7.01. The minimum atomic E-state index is -0.484. The van der Waals surface area contributed by atoms with Crippen LogP contribution in [0.25, 0.3) is 0 Å². The normalized spacial score (nSPS) is 10.7. The van der Waals surface area contributed by atoms with E-state index in [0.717, 1.165) is 0 Å². The minimum Gasteiger partial charge on any atom is -0.497 e. The van der Waals surface area contributed by atoms with Crippen LogP contribution in [0.2, 0.25) is 0 Å². The number of anilines is 5. The van der Waals surface area contributed by atoms with Crippen LogP contribution in [0, 0.1) is 15.9 Å². The van der Waals surface area contributed by atoms with E-state index in [9.17, 15) is 14.5 Å². The fraction of sp³-hybridized carbons (Fsp3) is 0.0435. The Balaban J connectivity index is 1.58. The SMILES string of the molecule is COc1ccc(Nc2nc(N/N=C/c3cccc(F)c3)nc(Nc3ccc([N+](=O)[O-])cc3)n2)cc1. The van der Waals surface area contributed by atoms with Gasteiger partial charge in [-0.15, -0.1) is 0 Å². The highest BCUT2D eigenvalue weighted by molar-refractivity contribution is 5.80. The van der Waals surface area contributed by atoms with Crippen molar-refractivity contribution in [3.05, 3.63) is 94.3 Å². The molecule has 0 atom stereocenters. The number of nitrogens with zero attached hydrogens (tertiary/aromatic N) is 5. The van der Waals surface area contributed by atoms with Gasteiger partial charge in [0.2, 0.25) is 17.8 Å². The van der Waals surface area contributed by atoms with E-state index in [0.29, 0.717) is 22.7 Å². The van der Waals surface area contributed by atoms with E-state index >= 15 is 0 Å². The highest BCUT2D eigenvalue weighted by Gasteiger charge is 2.09. The number of non-ortho nitro benzene ring substituents is 1. The third-order valence-electron chi connectivity index (χ3n) is 4.54. The number of benzene rings is 3. The third-order valence-corrected chi connectivity index (χ3v) is 4.54. The Hall–Kier alpha value is -5.13. The number of aromatic nitrogens is 3. The van der Waals surface area contributed by atoms with Gasteiger partial charge in [0.25, 0.3) is 5.69 Å². The molecule has 3 N–H and O–H groups in total. The van der Waals surface area contributed by atoms with Gasteiger partial charge in [-0.05, 0) is 54.1 Å². The first-order valence-electron chi connectivity index (χ1n) is 10.2. The molecule has 0 saturated heterocycles. The van der Waals surface area contributed by atoms with E-state index in [2.05, 4.69) is 36.1 Å². The summed E-state index contributed by atoms with van der Waals surface area (Å²) in [7, 11) is 1.58. The Morgan fingerprint density at radius 1 is 0.914 bits per heavy atom. The summed E-state index contributed by atoms with van der Waals surface area (Å²) in [5.74, 6) is 0.787. The molecule has 0 aliphatic rings. The van der Waals surface area contributed by atoms with E-state index in [1.807, 2.05) is 0 Å². The monoisotopic (exact) mass is 474 g/mol. The van der Waals surface area contributed by atoms with Crippen molar-refractivity contribution in [2.45, 2.75) is 0 Å². The number of ether oxygens (including phenoxy) is 1. The molecule has 3 aromatic carbocycles. The number of hydrogen-bond donors (Lipinski definition) is 3. The summed E-state index contributed by atoms with van der Waals surface area (Å²) in [4.78, 5) is 23.3. The Bertz CT molecular complexity index is 1350. The predicted molar refractivity (Wildman–Crippen MR) is 130 cm³/mol. The molecule has 0 bridgehead atoms. The number of hydrazone groups is 1. The van der Waals surface area contributed by atoms with Crippen molar-refractivity contribution in [2.24, 2.45) is 5.10 Å². The fourth-order valence-corrected chi connectivity index (χ4v) is 2.89. The van der Waals surface area contributed by atoms with Gasteiger partial charge in [0.1, 0.15) is 11.6 Å². The predicted octanol–water partition coefficient (Wildman–Crippen LogP) is 4.86. The number of methoxy groups -OCH3 is 1. The van der Waals surface area contributed by atoms with E-state index < -0.39 is 4.92 Å². The number of nitro groups is 1. The van der Waals surface area contributed by atoms with Crippen molar-refractivity contribution in [3.63, 3.8) is 0 Å². The Morgan fingerprint density at radius 3 is 2.09 bits per heavy atom. The topological polar surface area (TPSA) is 139 Å². The summed E-state index contributed by atoms with van der Waals surface area (Å²) >= 11 is 0. The quantitative estimate of drug-likeness (QED) is 0.176. The largest absolute Gasteiger partial charge is 0.497 e. The number of nitro benzene ring substituents is 1. The Labute approximate surface area is 198 Å². The maximum absolute atomic E-state index is 13.4. The zero-order chi connectivity index (χ0) is 24.6. The number of rotatable bonds is 9. The standard InChI is InChI=1S/C23H19FN8O3/c1-35-20-11-7-18(8-12-20)27-22-28-21(26-17-5-9-19(10-6-17)32(33)34)29-23(30-22)31-25-14-15-3-2-4-16(24)13-15/h2-14H,1H3,(H3,26,27,28,29,30,31)/b25-14+. The van der Waals surface area contributed by atoms with Crippen molar-refractivity contribution >= 4 is 41.1 Å². The fourth-order valence-electron chi connectivity index (χ4n) is 2.89. The highest BCUT2D eigenvalue weighted by atomic mass is 19.1. The van der Waals surface area contributed by atoms with Crippen molar-refractivity contribution in [1.29, 1.82) is 0 Å². The van der Waals surface area contributed by atoms with Crippen LogP contribution in [-0.2, 0) is 0 Å². The molecular formula is C23H19FN8O3. The van der Waals surface area contributed by atoms with Crippen LogP contribution in [0.3, 0.4) is 0 Å². The first kappa shape index (κ1) is 23.0. The molecule has 4 rings (SSSR count). The molecule has 4 aromatic rings. The minimum absolute atomic E-state index is 0.0397. The Kier molecular flexibility index (Phi) is 7.02. The average molecular weight is 474 g/mol. The van der Waals surface area contributed by atoms with Crippen molar-refractivity contribution in [2.75, 3.05) is 23.2 Å². The maximum Gasteiger partial charge on any atom is 0.269 e. The van der Waals surface area contributed by atoms with Gasteiger partial charge in [-0.3, -0.25) is 10.1 Å². The van der Waals surface area contributed by atoms with Gasteiger partial charge in [0.15, 0.2) is 0 Å². The molecule has 0 fully saturated rings. The number of nitrogens with one attached hydrogen (secondary N) is 3. The number of halogens is 1. The second-order valence-corrected chi connectivity index (χ2v) is 7.01. The molecule has 12 heteroatoms. The second kappa shape index (κ2) is 10.7. The molecule has 0 aliphatic carbocycles. The molecule has 0 radical (unpaired) electrons. The lowest BCUT2D eigenvalue weighted by molar-refractivity contribution is -0.384. The van der Waals surface area contributed by atoms with Crippen LogP contribution < -0.4 is 20.8 Å². The molecule has 1 heterocycles. The lowest BCUT2D eigenvalue weighted by Gasteiger charge is -2.10. The lowest BCUT2D eigenvalue weighted by atomic mass is 10.2. The summed E-state index contributed by atoms with van der Waals surface area (Å²) in [6.07, 6.45) is 1.42. The number of hydrogen-bond acceptors (Lipinski definition) is 10. The van der Waals surface area contributed by atoms with Gasteiger partial charge in [0, 0.05) is 23.5 Å². The summed E-state index contributed by atoms with van der Waals surface area (Å²) < 4.78 is 18.5. The van der Waals surface area contributed by atoms with Gasteiger partial charge < -0.3 is 15.4 Å². The smallest absolute Gasteiger partial charge is 0.269 e. The van der Waals surface area contributed by atoms with Crippen LogP contribution in [-0.4, -0.2) is 33.2 Å². The molecule has 0 aliphatic heterocycles. The zero-order valence-corrected chi connectivity index (χ0v) is 18.3. The van der Waals surface area contributed by atoms with Crippen LogP contribution in [0.1, 0.15) is 5.56 Å². The third kappa shape index (κ3) is 6.44. The van der Waals surface area contributed by atoms with Crippen LogP contribution in [0.5, 0.6) is 5.75 Å². The maximum atomic E-state index is 13.4. The summed E-state index contributed by atoms with van der Waals surface area (Å²) in [6.45, 7) is 0. The van der Waals surface area contributed by atoms with Crippen molar-refractivity contribution in [3.8, 4) is 5.75 Å². The average Bonchev–Trinajstić information content (AvgIpc) is 2.85. The summed E-state index contributed by atoms with van der Waals surface area (Å²) in [5, 5.41) is 21.0. The van der Waals surface area contributed by atoms with Gasteiger partial charge in [-0.1, -0.05) is 12.1 Å². The van der Waals surface area contributed by atoms with Gasteiger partial charge >= 0.3 is 0 Å². The zero-order valence-electron chi connectivity index (χ0n) is 18.3. The molecule has 0 amide bonds. The van der Waals surface area contributed by atoms with Crippen LogP contribution in [0.15, 0.2) is 77.9 Å². The molecule has 35 heavy (non-hydrogen) atoms.